The molecule has 0 saturated heterocycles. The van der Waals surface area contributed by atoms with Gasteiger partial charge in [-0.15, -0.1) is 0 Å². The van der Waals surface area contributed by atoms with Crippen LogP contribution in [0.5, 0.6) is 0 Å². The molecule has 1 atom stereocenters. The fourth-order valence-electron chi connectivity index (χ4n) is 4.29. The summed E-state index contributed by atoms with van der Waals surface area (Å²) in [5.41, 5.74) is 0.338. The normalized spacial score (nSPS) is 22.0. The first-order valence-electron chi connectivity index (χ1n) is 9.28. The van der Waals surface area contributed by atoms with Gasteiger partial charge >= 0.3 is 0 Å². The number of ether oxygens (including phenoxy) is 2. The van der Waals surface area contributed by atoms with E-state index in [4.69, 9.17) is 9.47 Å². The van der Waals surface area contributed by atoms with Crippen molar-refractivity contribution in [1.29, 1.82) is 5.26 Å². The molecule has 1 aromatic rings. The fourth-order valence-corrected chi connectivity index (χ4v) is 4.29. The maximum absolute atomic E-state index is 10.1. The quantitative estimate of drug-likeness (QED) is 0.762. The molecule has 1 heterocycles. The lowest BCUT2D eigenvalue weighted by Gasteiger charge is -2.41. The molecule has 2 aliphatic rings. The Bertz CT molecular complexity index is 621. The lowest BCUT2D eigenvalue weighted by atomic mass is 9.77. The van der Waals surface area contributed by atoms with E-state index in [2.05, 4.69) is 6.07 Å². The maximum Gasteiger partial charge on any atom is 0.252 e. The summed E-state index contributed by atoms with van der Waals surface area (Å²) in [6.45, 7) is 0. The van der Waals surface area contributed by atoms with Crippen LogP contribution < -0.4 is 0 Å². The van der Waals surface area contributed by atoms with E-state index in [1.54, 1.807) is 12.5 Å². The van der Waals surface area contributed by atoms with Gasteiger partial charge in [0.15, 0.2) is 0 Å². The first kappa shape index (κ1) is 17.8. The average molecular weight is 340 g/mol. The highest BCUT2D eigenvalue weighted by Crippen LogP contribution is 2.44. The Morgan fingerprint density at radius 1 is 1.12 bits per heavy atom. The molecule has 1 unspecified atom stereocenters. The van der Waals surface area contributed by atoms with E-state index >= 15 is 0 Å². The van der Waals surface area contributed by atoms with Gasteiger partial charge in [-0.25, -0.2) is 0 Å². The van der Waals surface area contributed by atoms with E-state index in [9.17, 15) is 5.26 Å². The molecule has 25 heavy (non-hydrogen) atoms. The Hall–Kier alpha value is -1.99. The maximum atomic E-state index is 10.1. The van der Waals surface area contributed by atoms with Gasteiger partial charge in [0.25, 0.3) is 5.79 Å². The molecule has 1 saturated carbocycles. The van der Waals surface area contributed by atoms with Gasteiger partial charge in [0.05, 0.1) is 6.07 Å². The summed E-state index contributed by atoms with van der Waals surface area (Å²) in [6, 6.07) is 12.6. The van der Waals surface area contributed by atoms with Crippen molar-refractivity contribution >= 4 is 0 Å². The van der Waals surface area contributed by atoms with E-state index in [0.29, 0.717) is 18.8 Å². The molecule has 1 aliphatic carbocycles. The zero-order valence-corrected chi connectivity index (χ0v) is 15.3. The Morgan fingerprint density at radius 3 is 2.32 bits per heavy atom. The Balaban J connectivity index is 1.83. The van der Waals surface area contributed by atoms with Crippen LogP contribution in [0.2, 0.25) is 0 Å². The number of nitrogens with zero attached hydrogens (tertiary/aromatic N) is 2. The molecular weight excluding hydrogens is 312 g/mol. The third-order valence-corrected chi connectivity index (χ3v) is 5.85. The van der Waals surface area contributed by atoms with E-state index in [0.717, 1.165) is 18.4 Å². The van der Waals surface area contributed by atoms with Gasteiger partial charge in [0.2, 0.25) is 0 Å². The van der Waals surface area contributed by atoms with Crippen molar-refractivity contribution in [2.45, 2.75) is 56.3 Å². The topological polar surface area (TPSA) is 45.5 Å². The van der Waals surface area contributed by atoms with Crippen LogP contribution in [0.15, 0.2) is 42.9 Å². The van der Waals surface area contributed by atoms with Crippen molar-refractivity contribution in [2.75, 3.05) is 14.1 Å². The van der Waals surface area contributed by atoms with Crippen LogP contribution in [-0.4, -0.2) is 24.8 Å². The van der Waals surface area contributed by atoms with Gasteiger partial charge in [-0.2, -0.15) is 5.26 Å². The van der Waals surface area contributed by atoms with Gasteiger partial charge in [-0.05, 0) is 38.9 Å². The molecule has 0 amide bonds. The smallest absolute Gasteiger partial charge is 0.252 e. The summed E-state index contributed by atoms with van der Waals surface area (Å²) in [7, 11) is 3.94. The van der Waals surface area contributed by atoms with E-state index in [1.165, 1.54) is 19.3 Å². The zero-order chi connectivity index (χ0) is 17.8. The SMILES string of the molecule is CN(C)C(C#N)(CCC1(C2CCCCC2)OC=CO1)c1ccccc1. The predicted octanol–water partition coefficient (Wildman–Crippen LogP) is 4.54. The first-order chi connectivity index (χ1) is 12.1. The molecular formula is C21H28N2O2. The summed E-state index contributed by atoms with van der Waals surface area (Å²) >= 11 is 0. The second-order valence-corrected chi connectivity index (χ2v) is 7.39. The average Bonchev–Trinajstić information content (AvgIpc) is 3.14. The van der Waals surface area contributed by atoms with E-state index in [1.807, 2.05) is 49.3 Å². The molecule has 0 spiro atoms. The van der Waals surface area contributed by atoms with Crippen LogP contribution in [0.25, 0.3) is 0 Å². The van der Waals surface area contributed by atoms with Gasteiger partial charge in [0, 0.05) is 12.3 Å². The molecule has 1 aromatic carbocycles. The molecule has 0 aromatic heterocycles. The summed E-state index contributed by atoms with van der Waals surface area (Å²) in [6.07, 6.45) is 10.7. The van der Waals surface area contributed by atoms with Gasteiger partial charge < -0.3 is 9.47 Å². The van der Waals surface area contributed by atoms with Gasteiger partial charge in [-0.1, -0.05) is 49.6 Å². The summed E-state index contributed by atoms with van der Waals surface area (Å²) < 4.78 is 12.0. The van der Waals surface area contributed by atoms with Crippen molar-refractivity contribution in [3.63, 3.8) is 0 Å². The largest absolute Gasteiger partial charge is 0.456 e. The summed E-state index contributed by atoms with van der Waals surface area (Å²) in [5, 5.41) is 10.1. The molecule has 1 aliphatic heterocycles. The minimum atomic E-state index is -0.682. The van der Waals surface area contributed by atoms with Crippen molar-refractivity contribution in [3.8, 4) is 6.07 Å². The lowest BCUT2D eigenvalue weighted by molar-refractivity contribution is -0.196. The standard InChI is InChI=1S/C21H28N2O2/c1-23(2)20(17-22,18-9-5-3-6-10-18)13-14-21(24-15-16-25-21)19-11-7-4-8-12-19/h3,5-6,9-10,15-16,19H,4,7-8,11-14H2,1-2H3. The Labute approximate surface area is 151 Å². The number of rotatable bonds is 6. The monoisotopic (exact) mass is 340 g/mol. The van der Waals surface area contributed by atoms with Gasteiger partial charge in [0.1, 0.15) is 18.1 Å². The number of hydrogen-bond donors (Lipinski definition) is 0. The molecule has 0 N–H and O–H groups in total. The molecule has 4 heteroatoms. The number of benzene rings is 1. The van der Waals surface area contributed by atoms with Crippen molar-refractivity contribution in [3.05, 3.63) is 48.4 Å². The molecule has 1 fully saturated rings. The van der Waals surface area contributed by atoms with Crippen LogP contribution >= 0.6 is 0 Å². The highest BCUT2D eigenvalue weighted by atomic mass is 16.7. The van der Waals surface area contributed by atoms with Crippen LogP contribution in [0, 0.1) is 17.2 Å². The van der Waals surface area contributed by atoms with Crippen LogP contribution in [0.3, 0.4) is 0 Å². The predicted molar refractivity (Wildman–Crippen MR) is 97.3 cm³/mol. The van der Waals surface area contributed by atoms with E-state index in [-0.39, 0.29) is 0 Å². The summed E-state index contributed by atoms with van der Waals surface area (Å²) in [5.74, 6) is -0.210. The van der Waals surface area contributed by atoms with Crippen LogP contribution in [0.4, 0.5) is 0 Å². The highest BCUT2D eigenvalue weighted by Gasteiger charge is 2.47. The van der Waals surface area contributed by atoms with Gasteiger partial charge in [-0.3, -0.25) is 4.90 Å². The first-order valence-corrected chi connectivity index (χ1v) is 9.28. The van der Waals surface area contributed by atoms with Crippen molar-refractivity contribution in [2.24, 2.45) is 5.92 Å². The molecule has 4 nitrogen and oxygen atoms in total. The summed E-state index contributed by atoms with van der Waals surface area (Å²) in [4.78, 5) is 2.01. The fraction of sp³-hybridized carbons (Fsp3) is 0.571. The van der Waals surface area contributed by atoms with Crippen LogP contribution in [-0.2, 0) is 15.0 Å². The Morgan fingerprint density at radius 2 is 1.76 bits per heavy atom. The minimum absolute atomic E-state index is 0.394. The molecule has 3 rings (SSSR count). The zero-order valence-electron chi connectivity index (χ0n) is 15.3. The minimum Gasteiger partial charge on any atom is -0.456 e. The number of nitriles is 1. The second kappa shape index (κ2) is 7.49. The lowest BCUT2D eigenvalue weighted by Crippen LogP contribution is -2.45. The highest BCUT2D eigenvalue weighted by molar-refractivity contribution is 5.31. The second-order valence-electron chi connectivity index (χ2n) is 7.39. The van der Waals surface area contributed by atoms with Crippen molar-refractivity contribution in [1.82, 2.24) is 4.90 Å². The molecule has 134 valence electrons. The Kier molecular flexibility index (Phi) is 5.34. The van der Waals surface area contributed by atoms with Crippen molar-refractivity contribution < 1.29 is 9.47 Å². The van der Waals surface area contributed by atoms with E-state index < -0.39 is 11.3 Å². The third-order valence-electron chi connectivity index (χ3n) is 5.85. The molecule has 0 radical (unpaired) electrons. The number of hydrogen-bond acceptors (Lipinski definition) is 4. The molecule has 0 bridgehead atoms. The van der Waals surface area contributed by atoms with Crippen LogP contribution in [0.1, 0.15) is 50.5 Å². The third kappa shape index (κ3) is 3.39.